The van der Waals surface area contributed by atoms with Crippen LogP contribution in [0, 0.1) is 10.1 Å². The summed E-state index contributed by atoms with van der Waals surface area (Å²) >= 11 is 0. The number of rotatable bonds is 3. The fraction of sp³-hybridized carbons (Fsp3) is 0.125. The van der Waals surface area contributed by atoms with Gasteiger partial charge in [0.1, 0.15) is 5.75 Å². The van der Waals surface area contributed by atoms with Crippen LogP contribution in [0.2, 0.25) is 0 Å². The van der Waals surface area contributed by atoms with Crippen LogP contribution in [0.4, 0.5) is 13.2 Å². The zero-order valence-electron chi connectivity index (χ0n) is 7.89. The van der Waals surface area contributed by atoms with Crippen molar-refractivity contribution in [1.29, 1.82) is 0 Å². The molecule has 0 amide bonds. The van der Waals surface area contributed by atoms with Crippen LogP contribution in [0.5, 0.6) is 5.75 Å². The molecule has 0 bridgehead atoms. The second kappa shape index (κ2) is 4.28. The van der Waals surface area contributed by atoms with Crippen LogP contribution >= 0.6 is 0 Å². The van der Waals surface area contributed by atoms with Crippen molar-refractivity contribution >= 4 is 5.97 Å². The zero-order valence-corrected chi connectivity index (χ0v) is 7.89. The molecule has 6 nitrogen and oxygen atoms in total. The van der Waals surface area contributed by atoms with Gasteiger partial charge in [0.15, 0.2) is 0 Å². The van der Waals surface area contributed by atoms with Crippen molar-refractivity contribution in [3.63, 3.8) is 0 Å². The summed E-state index contributed by atoms with van der Waals surface area (Å²) in [6.07, 6.45) is -4.74. The van der Waals surface area contributed by atoms with Gasteiger partial charge in [0.05, 0.1) is 11.1 Å². The molecule has 1 rings (SSSR count). The molecule has 0 aliphatic rings. The molecule has 17 heavy (non-hydrogen) atoms. The third-order valence-corrected chi connectivity index (χ3v) is 1.71. The van der Waals surface area contributed by atoms with Crippen LogP contribution in [0.25, 0.3) is 0 Å². The van der Waals surface area contributed by atoms with Crippen LogP contribution in [0.3, 0.4) is 0 Å². The Bertz CT molecular complexity index is 471. The molecule has 0 saturated carbocycles. The first-order valence-corrected chi connectivity index (χ1v) is 3.98. The highest BCUT2D eigenvalue weighted by Gasteiger charge is 2.32. The molecule has 1 N–H and O–H groups in total. The summed E-state index contributed by atoms with van der Waals surface area (Å²) in [6, 6.07) is 1.34. The highest BCUT2D eigenvalue weighted by molar-refractivity contribution is 5.90. The van der Waals surface area contributed by atoms with Crippen LogP contribution < -0.4 is 4.84 Å². The number of hydrogen-bond donors (Lipinski definition) is 1. The van der Waals surface area contributed by atoms with Crippen LogP contribution in [-0.2, 0) is 6.18 Å². The maximum Gasteiger partial charge on any atom is 0.416 e. The van der Waals surface area contributed by atoms with Crippen molar-refractivity contribution < 1.29 is 33.0 Å². The number of halogens is 3. The predicted octanol–water partition coefficient (Wildman–Crippen LogP) is 1.97. The van der Waals surface area contributed by atoms with E-state index in [-0.39, 0.29) is 6.07 Å². The molecular formula is C8H4F3NO5. The van der Waals surface area contributed by atoms with Crippen LogP contribution in [0.15, 0.2) is 18.2 Å². The maximum absolute atomic E-state index is 12.3. The fourth-order valence-electron chi connectivity index (χ4n) is 1.03. The lowest BCUT2D eigenvalue weighted by Crippen LogP contribution is -2.11. The third kappa shape index (κ3) is 3.06. The molecule has 0 aliphatic heterocycles. The van der Waals surface area contributed by atoms with Gasteiger partial charge in [0.25, 0.3) is 5.09 Å². The Morgan fingerprint density at radius 2 is 2.00 bits per heavy atom. The minimum atomic E-state index is -4.74. The van der Waals surface area contributed by atoms with Gasteiger partial charge in [-0.1, -0.05) is 0 Å². The Hall–Kier alpha value is -2.32. The summed E-state index contributed by atoms with van der Waals surface area (Å²) in [4.78, 5) is 24.4. The summed E-state index contributed by atoms with van der Waals surface area (Å²) in [5, 5.41) is 17.2. The molecule has 0 unspecified atom stereocenters. The zero-order chi connectivity index (χ0) is 13.2. The fourth-order valence-corrected chi connectivity index (χ4v) is 1.03. The topological polar surface area (TPSA) is 89.7 Å². The average Bonchev–Trinajstić information content (AvgIpc) is 2.14. The number of aromatic carboxylic acids is 1. The number of benzene rings is 1. The van der Waals surface area contributed by atoms with E-state index in [1.165, 1.54) is 0 Å². The van der Waals surface area contributed by atoms with Gasteiger partial charge in [0.2, 0.25) is 0 Å². The second-order valence-electron chi connectivity index (χ2n) is 2.83. The van der Waals surface area contributed by atoms with Gasteiger partial charge in [-0.3, -0.25) is 4.84 Å². The molecule has 1 aromatic carbocycles. The molecule has 1 aromatic rings. The Morgan fingerprint density at radius 3 is 2.41 bits per heavy atom. The van der Waals surface area contributed by atoms with Crippen molar-refractivity contribution in [3.8, 4) is 5.75 Å². The van der Waals surface area contributed by atoms with Crippen molar-refractivity contribution in [2.45, 2.75) is 6.18 Å². The first kappa shape index (κ1) is 12.7. The maximum atomic E-state index is 12.3. The second-order valence-corrected chi connectivity index (χ2v) is 2.83. The lowest BCUT2D eigenvalue weighted by molar-refractivity contribution is -0.711. The van der Waals surface area contributed by atoms with Crippen LogP contribution in [0.1, 0.15) is 15.9 Å². The van der Waals surface area contributed by atoms with Gasteiger partial charge in [-0.05, 0) is 18.2 Å². The van der Waals surface area contributed by atoms with E-state index in [0.29, 0.717) is 12.1 Å². The number of carboxylic acid groups (broad SMARTS) is 1. The highest BCUT2D eigenvalue weighted by Crippen LogP contribution is 2.33. The normalized spacial score (nSPS) is 11.0. The monoisotopic (exact) mass is 251 g/mol. The van der Waals surface area contributed by atoms with E-state index in [0.717, 1.165) is 0 Å². The number of carboxylic acids is 1. The first-order chi connectivity index (χ1) is 7.71. The van der Waals surface area contributed by atoms with Gasteiger partial charge in [0, 0.05) is 0 Å². The van der Waals surface area contributed by atoms with Crippen molar-refractivity contribution in [3.05, 3.63) is 39.4 Å². The molecule has 0 spiro atoms. The first-order valence-electron chi connectivity index (χ1n) is 3.98. The molecule has 0 fully saturated rings. The lowest BCUT2D eigenvalue weighted by atomic mass is 10.1. The van der Waals surface area contributed by atoms with Crippen molar-refractivity contribution in [2.75, 3.05) is 0 Å². The average molecular weight is 251 g/mol. The standard InChI is InChI=1S/C8H4F3NO5/c9-8(10,11)4-1-2-5(7(13)14)6(3-4)17-12(15)16/h1-3H,(H,13,14). The van der Waals surface area contributed by atoms with E-state index in [1.54, 1.807) is 0 Å². The van der Waals surface area contributed by atoms with E-state index in [4.69, 9.17) is 5.11 Å². The smallest absolute Gasteiger partial charge is 0.416 e. The van der Waals surface area contributed by atoms with E-state index in [9.17, 15) is 28.1 Å². The van der Waals surface area contributed by atoms with Gasteiger partial charge in [-0.15, -0.1) is 10.1 Å². The molecule has 0 aliphatic carbocycles. The van der Waals surface area contributed by atoms with Gasteiger partial charge in [-0.25, -0.2) is 4.79 Å². The predicted molar refractivity (Wildman–Crippen MR) is 46.0 cm³/mol. The van der Waals surface area contributed by atoms with Crippen molar-refractivity contribution in [1.82, 2.24) is 0 Å². The summed E-state index contributed by atoms with van der Waals surface area (Å²) in [7, 11) is 0. The molecular weight excluding hydrogens is 247 g/mol. The Labute approximate surface area is 91.3 Å². The largest absolute Gasteiger partial charge is 0.478 e. The summed E-state index contributed by atoms with van der Waals surface area (Å²) in [5.74, 6) is -2.60. The molecule has 9 heteroatoms. The molecule has 0 saturated heterocycles. The Morgan fingerprint density at radius 1 is 1.41 bits per heavy atom. The number of alkyl halides is 3. The highest BCUT2D eigenvalue weighted by atomic mass is 19.4. The number of nitrogens with zero attached hydrogens (tertiary/aromatic N) is 1. The summed E-state index contributed by atoms with van der Waals surface area (Å²) < 4.78 is 36.8. The van der Waals surface area contributed by atoms with Gasteiger partial charge >= 0.3 is 12.1 Å². The third-order valence-electron chi connectivity index (χ3n) is 1.71. The quantitative estimate of drug-likeness (QED) is 0.655. The Kier molecular flexibility index (Phi) is 3.21. The molecule has 0 aromatic heterocycles. The summed E-state index contributed by atoms with van der Waals surface area (Å²) in [6.45, 7) is 0. The minimum absolute atomic E-state index is 0.256. The summed E-state index contributed by atoms with van der Waals surface area (Å²) in [5.41, 5.74) is -1.96. The van der Waals surface area contributed by atoms with E-state index < -0.39 is 34.1 Å². The SMILES string of the molecule is O=C(O)c1ccc(C(F)(F)F)cc1O[N+](=O)[O-]. The van der Waals surface area contributed by atoms with E-state index in [2.05, 4.69) is 4.84 Å². The molecule has 0 radical (unpaired) electrons. The number of carbonyl (C=O) groups is 1. The van der Waals surface area contributed by atoms with Gasteiger partial charge in [-0.2, -0.15) is 13.2 Å². The van der Waals surface area contributed by atoms with Gasteiger partial charge < -0.3 is 5.11 Å². The molecule has 0 heterocycles. The Balaban J connectivity index is 3.29. The molecule has 92 valence electrons. The van der Waals surface area contributed by atoms with Crippen molar-refractivity contribution in [2.24, 2.45) is 0 Å². The lowest BCUT2D eigenvalue weighted by Gasteiger charge is -2.09. The molecule has 0 atom stereocenters. The number of hydrogen-bond acceptors (Lipinski definition) is 4. The van der Waals surface area contributed by atoms with E-state index in [1.807, 2.05) is 0 Å². The minimum Gasteiger partial charge on any atom is -0.478 e. The van der Waals surface area contributed by atoms with E-state index >= 15 is 0 Å². The van der Waals surface area contributed by atoms with Crippen LogP contribution in [-0.4, -0.2) is 16.2 Å².